The fourth-order valence-corrected chi connectivity index (χ4v) is 4.41. The number of hydrogen-bond donors (Lipinski definition) is 1. The highest BCUT2D eigenvalue weighted by Gasteiger charge is 2.49. The van der Waals surface area contributed by atoms with Gasteiger partial charge >= 0.3 is 0 Å². The van der Waals surface area contributed by atoms with E-state index in [1.807, 2.05) is 13.0 Å². The first kappa shape index (κ1) is 15.5. The third-order valence-electron chi connectivity index (χ3n) is 5.63. The number of rotatable bonds is 3. The minimum Gasteiger partial charge on any atom is -0.359 e. The molecule has 0 aromatic heterocycles. The van der Waals surface area contributed by atoms with Gasteiger partial charge in [-0.05, 0) is 61.4 Å². The van der Waals surface area contributed by atoms with Crippen LogP contribution in [0.3, 0.4) is 0 Å². The summed E-state index contributed by atoms with van der Waals surface area (Å²) in [7, 11) is 1.74. The van der Waals surface area contributed by atoms with E-state index >= 15 is 0 Å². The second-order valence-corrected chi connectivity index (χ2v) is 6.95. The zero-order valence-corrected chi connectivity index (χ0v) is 13.5. The van der Waals surface area contributed by atoms with Crippen molar-refractivity contribution in [3.8, 4) is 0 Å². The Kier molecular flexibility index (Phi) is 4.22. The first-order valence-electron chi connectivity index (χ1n) is 8.23. The molecule has 2 aliphatic rings. The molecule has 1 aliphatic carbocycles. The Morgan fingerprint density at radius 1 is 1.45 bits per heavy atom. The summed E-state index contributed by atoms with van der Waals surface area (Å²) in [6, 6.07) is 5.03. The number of benzene rings is 1. The number of likely N-dealkylation sites (tertiary alicyclic amines) is 1. The summed E-state index contributed by atoms with van der Waals surface area (Å²) in [6.07, 6.45) is 4.43. The van der Waals surface area contributed by atoms with E-state index in [0.29, 0.717) is 0 Å². The molecule has 0 radical (unpaired) electrons. The van der Waals surface area contributed by atoms with Crippen molar-refractivity contribution in [2.45, 2.75) is 39.2 Å². The van der Waals surface area contributed by atoms with E-state index in [1.165, 1.54) is 11.6 Å². The van der Waals surface area contributed by atoms with Gasteiger partial charge in [-0.3, -0.25) is 9.69 Å². The van der Waals surface area contributed by atoms with Crippen molar-refractivity contribution in [2.24, 2.45) is 11.3 Å². The van der Waals surface area contributed by atoms with E-state index < -0.39 is 0 Å². The van der Waals surface area contributed by atoms with Gasteiger partial charge in [-0.1, -0.05) is 12.5 Å². The van der Waals surface area contributed by atoms with Crippen LogP contribution in [0.25, 0.3) is 0 Å². The van der Waals surface area contributed by atoms with Gasteiger partial charge in [0.15, 0.2) is 0 Å². The second kappa shape index (κ2) is 5.99. The third kappa shape index (κ3) is 2.76. The van der Waals surface area contributed by atoms with E-state index in [-0.39, 0.29) is 23.1 Å². The number of halogens is 1. The number of carbonyl (C=O) groups excluding carboxylic acids is 1. The van der Waals surface area contributed by atoms with Crippen molar-refractivity contribution in [1.82, 2.24) is 10.2 Å². The first-order valence-corrected chi connectivity index (χ1v) is 8.23. The van der Waals surface area contributed by atoms with Crippen LogP contribution >= 0.6 is 0 Å². The Hall–Kier alpha value is -1.42. The molecule has 2 fully saturated rings. The maximum atomic E-state index is 13.2. The predicted octanol–water partition coefficient (Wildman–Crippen LogP) is 2.87. The molecule has 0 bridgehead atoms. The molecule has 1 aromatic carbocycles. The third-order valence-corrected chi connectivity index (χ3v) is 5.63. The van der Waals surface area contributed by atoms with E-state index in [0.717, 1.165) is 50.9 Å². The standard InChI is InChI=1S/C18H25FN2O/c1-13-10-15(19)6-5-14(13)11-21-9-8-18(12-21)7-3-4-16(18)17(22)20-2/h5-6,10,16H,3-4,7-9,11-12H2,1-2H3,(H,20,22). The molecule has 1 heterocycles. The van der Waals surface area contributed by atoms with Gasteiger partial charge in [0.25, 0.3) is 0 Å². The number of hydrogen-bond acceptors (Lipinski definition) is 2. The molecule has 2 atom stereocenters. The Morgan fingerprint density at radius 3 is 3.00 bits per heavy atom. The van der Waals surface area contributed by atoms with Gasteiger partial charge < -0.3 is 5.32 Å². The summed E-state index contributed by atoms with van der Waals surface area (Å²) in [6.45, 7) is 4.84. The van der Waals surface area contributed by atoms with Gasteiger partial charge in [0.1, 0.15) is 5.82 Å². The van der Waals surface area contributed by atoms with Crippen LogP contribution in [0.1, 0.15) is 36.8 Å². The van der Waals surface area contributed by atoms with Gasteiger partial charge in [-0.2, -0.15) is 0 Å². The maximum absolute atomic E-state index is 13.2. The van der Waals surface area contributed by atoms with Crippen molar-refractivity contribution in [3.05, 3.63) is 35.1 Å². The van der Waals surface area contributed by atoms with E-state index in [9.17, 15) is 9.18 Å². The topological polar surface area (TPSA) is 32.3 Å². The lowest BCUT2D eigenvalue weighted by Crippen LogP contribution is -2.39. The van der Waals surface area contributed by atoms with Crippen LogP contribution in [-0.2, 0) is 11.3 Å². The highest BCUT2D eigenvalue weighted by Crippen LogP contribution is 2.50. The largest absolute Gasteiger partial charge is 0.359 e. The summed E-state index contributed by atoms with van der Waals surface area (Å²) in [4.78, 5) is 14.6. The molecule has 1 saturated heterocycles. The van der Waals surface area contributed by atoms with Crippen LogP contribution in [0.15, 0.2) is 18.2 Å². The molecule has 2 unspecified atom stereocenters. The average Bonchev–Trinajstić information content (AvgIpc) is 3.09. The molecule has 4 heteroatoms. The molecular weight excluding hydrogens is 279 g/mol. The Bertz CT molecular complexity index is 574. The summed E-state index contributed by atoms with van der Waals surface area (Å²) >= 11 is 0. The van der Waals surface area contributed by atoms with E-state index in [1.54, 1.807) is 13.1 Å². The van der Waals surface area contributed by atoms with Gasteiger partial charge in [0, 0.05) is 26.1 Å². The highest BCUT2D eigenvalue weighted by molar-refractivity contribution is 5.79. The van der Waals surface area contributed by atoms with Crippen molar-refractivity contribution < 1.29 is 9.18 Å². The quantitative estimate of drug-likeness (QED) is 0.931. The number of aryl methyl sites for hydroxylation is 1. The van der Waals surface area contributed by atoms with Gasteiger partial charge in [0.2, 0.25) is 5.91 Å². The normalized spacial score (nSPS) is 28.4. The molecule has 1 N–H and O–H groups in total. The highest BCUT2D eigenvalue weighted by atomic mass is 19.1. The SMILES string of the molecule is CNC(=O)C1CCCC12CCN(Cc1ccc(F)cc1C)C2. The van der Waals surface area contributed by atoms with Crippen LogP contribution < -0.4 is 5.32 Å². The first-order chi connectivity index (χ1) is 10.5. The van der Waals surface area contributed by atoms with Gasteiger partial charge in [-0.25, -0.2) is 4.39 Å². The van der Waals surface area contributed by atoms with Crippen LogP contribution in [0.4, 0.5) is 4.39 Å². The molecule has 1 saturated carbocycles. The molecule has 1 amide bonds. The van der Waals surface area contributed by atoms with Crippen molar-refractivity contribution in [1.29, 1.82) is 0 Å². The van der Waals surface area contributed by atoms with Crippen molar-refractivity contribution >= 4 is 5.91 Å². The van der Waals surface area contributed by atoms with Gasteiger partial charge in [0.05, 0.1) is 0 Å². The fraction of sp³-hybridized carbons (Fsp3) is 0.611. The minimum atomic E-state index is -0.172. The minimum absolute atomic E-state index is 0.161. The van der Waals surface area contributed by atoms with E-state index in [4.69, 9.17) is 0 Å². The molecule has 120 valence electrons. The number of carbonyl (C=O) groups is 1. The Labute approximate surface area is 131 Å². The molecule has 1 aromatic rings. The lowest BCUT2D eigenvalue weighted by atomic mass is 9.76. The number of amides is 1. The Morgan fingerprint density at radius 2 is 2.27 bits per heavy atom. The molecule has 3 nitrogen and oxygen atoms in total. The van der Waals surface area contributed by atoms with Gasteiger partial charge in [-0.15, -0.1) is 0 Å². The lowest BCUT2D eigenvalue weighted by molar-refractivity contribution is -0.127. The van der Waals surface area contributed by atoms with Crippen molar-refractivity contribution in [2.75, 3.05) is 20.1 Å². The lowest BCUT2D eigenvalue weighted by Gasteiger charge is -2.30. The zero-order valence-electron chi connectivity index (χ0n) is 13.5. The molecule has 22 heavy (non-hydrogen) atoms. The molecule has 1 aliphatic heterocycles. The summed E-state index contributed by atoms with van der Waals surface area (Å²) in [5, 5.41) is 2.84. The average molecular weight is 304 g/mol. The summed E-state index contributed by atoms with van der Waals surface area (Å²) in [5.74, 6) is 0.198. The van der Waals surface area contributed by atoms with Crippen LogP contribution in [0.5, 0.6) is 0 Å². The molecule has 3 rings (SSSR count). The second-order valence-electron chi connectivity index (χ2n) is 6.95. The number of nitrogens with zero attached hydrogens (tertiary/aromatic N) is 1. The number of nitrogens with one attached hydrogen (secondary N) is 1. The molecular formula is C18H25FN2O. The Balaban J connectivity index is 1.70. The fourth-order valence-electron chi connectivity index (χ4n) is 4.41. The van der Waals surface area contributed by atoms with Crippen LogP contribution in [0.2, 0.25) is 0 Å². The van der Waals surface area contributed by atoms with Crippen molar-refractivity contribution in [3.63, 3.8) is 0 Å². The monoisotopic (exact) mass is 304 g/mol. The smallest absolute Gasteiger partial charge is 0.223 e. The summed E-state index contributed by atoms with van der Waals surface area (Å²) in [5.41, 5.74) is 2.36. The van der Waals surface area contributed by atoms with Crippen LogP contribution in [-0.4, -0.2) is 30.9 Å². The zero-order chi connectivity index (χ0) is 15.7. The van der Waals surface area contributed by atoms with Crippen LogP contribution in [0, 0.1) is 24.1 Å². The molecule has 1 spiro atoms. The predicted molar refractivity (Wildman–Crippen MR) is 84.9 cm³/mol. The summed E-state index contributed by atoms with van der Waals surface area (Å²) < 4.78 is 13.2. The maximum Gasteiger partial charge on any atom is 0.223 e. The van der Waals surface area contributed by atoms with E-state index in [2.05, 4.69) is 10.2 Å².